The molecule has 5 aromatic rings. The highest BCUT2D eigenvalue weighted by molar-refractivity contribution is 7.25. The summed E-state index contributed by atoms with van der Waals surface area (Å²) in [7, 11) is 1.53. The Kier molecular flexibility index (Phi) is 23.6. The zero-order chi connectivity index (χ0) is 70.9. The second-order valence-corrected chi connectivity index (χ2v) is 27.6. The van der Waals surface area contributed by atoms with Crippen molar-refractivity contribution in [1.29, 1.82) is 0 Å². The summed E-state index contributed by atoms with van der Waals surface area (Å²) in [5.74, 6) is -6.63. The van der Waals surface area contributed by atoms with Gasteiger partial charge in [0, 0.05) is 99.0 Å². The van der Waals surface area contributed by atoms with Crippen molar-refractivity contribution in [1.82, 2.24) is 25.8 Å². The first-order chi connectivity index (χ1) is 46.6. The second kappa shape index (κ2) is 31.8. The molecule has 0 aliphatic carbocycles. The number of aromatic hydroxyl groups is 1. The number of phenols is 1. The number of aromatic nitrogens is 1. The third-order valence-corrected chi connectivity index (χ3v) is 19.6. The van der Waals surface area contributed by atoms with Crippen molar-refractivity contribution in [2.24, 2.45) is 29.6 Å². The van der Waals surface area contributed by atoms with Crippen LogP contribution in [-0.4, -0.2) is 132 Å². The second-order valence-electron chi connectivity index (χ2n) is 26.6. The van der Waals surface area contributed by atoms with Gasteiger partial charge in [-0.2, -0.15) is 0 Å². The van der Waals surface area contributed by atoms with E-state index in [1.807, 2.05) is 44.2 Å². The molecule has 1 fully saturated rings. The first-order valence-electron chi connectivity index (χ1n) is 33.4. The molecule has 0 spiro atoms. The van der Waals surface area contributed by atoms with Crippen molar-refractivity contribution in [2.75, 3.05) is 48.8 Å². The number of esters is 1. The number of imide groups is 1. The molecule has 98 heavy (non-hydrogen) atoms. The van der Waals surface area contributed by atoms with E-state index in [-0.39, 0.29) is 123 Å². The highest BCUT2D eigenvalue weighted by Gasteiger charge is 2.49. The molecule has 1 aromatic heterocycles. The Labute approximate surface area is 572 Å². The van der Waals surface area contributed by atoms with E-state index in [2.05, 4.69) is 45.3 Å². The summed E-state index contributed by atoms with van der Waals surface area (Å²) in [6.45, 7) is 18.7. The summed E-state index contributed by atoms with van der Waals surface area (Å²) < 4.78 is 30.9. The number of amides is 7. The molecule has 1 unspecified atom stereocenters. The molecule has 7 amide bonds. The van der Waals surface area contributed by atoms with Crippen LogP contribution in [0.4, 0.5) is 21.9 Å². The number of hydrogen-bond acceptors (Lipinski definition) is 19. The number of unbranched alkanes of at least 4 members (excludes halogenated alkanes) is 2. The monoisotopic (exact) mass is 1360 g/mol. The molecule has 25 heteroatoms. The molecule has 4 aliphatic heterocycles. The number of benzene rings is 4. The number of nitrogens with one attached hydrogen (secondary N) is 5. The van der Waals surface area contributed by atoms with Crippen LogP contribution in [0, 0.1) is 36.5 Å². The normalized spacial score (nSPS) is 23.2. The number of piperidine rings is 1. The van der Waals surface area contributed by atoms with Gasteiger partial charge in [0.2, 0.25) is 17.7 Å². The molecule has 6 N–H and O–H groups in total. The maximum absolute atomic E-state index is 15.0. The number of anilines is 3. The molecule has 8 atom stereocenters. The van der Waals surface area contributed by atoms with Crippen molar-refractivity contribution < 1.29 is 71.9 Å². The van der Waals surface area contributed by atoms with Crippen molar-refractivity contribution >= 4 is 113 Å². The van der Waals surface area contributed by atoms with Crippen molar-refractivity contribution in [3.8, 4) is 11.5 Å². The van der Waals surface area contributed by atoms with Crippen LogP contribution in [-0.2, 0) is 59.1 Å². The first kappa shape index (κ1) is 72.8. The van der Waals surface area contributed by atoms with E-state index in [4.69, 9.17) is 28.7 Å². The number of methoxy groups -OCH3 is 1. The van der Waals surface area contributed by atoms with Crippen LogP contribution < -0.4 is 41.6 Å². The van der Waals surface area contributed by atoms with Gasteiger partial charge in [0.25, 0.3) is 23.5 Å². The van der Waals surface area contributed by atoms with Crippen LogP contribution in [0.3, 0.4) is 0 Å². The van der Waals surface area contributed by atoms with Crippen LogP contribution in [0.1, 0.15) is 135 Å². The summed E-state index contributed by atoms with van der Waals surface area (Å²) in [5.41, 5.74) is 2.21. The fourth-order valence-corrected chi connectivity index (χ4v) is 14.2. The van der Waals surface area contributed by atoms with E-state index < -0.39 is 70.8 Å². The first-order valence-corrected chi connectivity index (χ1v) is 34.2. The molecule has 0 radical (unpaired) electrons. The van der Waals surface area contributed by atoms with E-state index >= 15 is 4.79 Å². The Morgan fingerprint density at radius 3 is 2.30 bits per heavy atom. The molecule has 0 saturated carbocycles. The molecule has 24 nitrogen and oxygen atoms in total. The molecule has 5 heterocycles. The standard InChI is InChI=1S/C73H88N8O16S/c1-39(2)61(78-54(83)18-13-12-14-30-81-56(85)25-26-57(81)86)71(91)74-37-55(84)75-48-21-19-47(20-22-48)38-94-72(92)76-49-27-31-80(32-28-49)50-23-24-51-53(36-50)98-68-62(77-51)58-59-64(87)45(8)67-60(58)69(89)73(10,97-67)95-33-29-52(93-11)44(7)66(96-46(9)82)43(6)35-41(4)34-40(3)16-15-17-42(5)70(90)79-63(68)65(59)88/h15-17,19-26,29,33,36,39-41,43-44,49,52,61,66,88H,12-14,18,27-28,30-32,34-35,37-38H2,1-11H3,(H,74,91)(H,75,84)(H,76,92)(H,78,83)(H,79,90)/b16-15+,33-29+,42-17-/t40-,41+,43+,44+,52-,61?,66-,73-/m0/s1. The van der Waals surface area contributed by atoms with Crippen LogP contribution >= 0.6 is 11.3 Å². The van der Waals surface area contributed by atoms with Crippen LogP contribution in [0.5, 0.6) is 11.5 Å². The van der Waals surface area contributed by atoms with Gasteiger partial charge in [-0.15, -0.1) is 11.3 Å². The summed E-state index contributed by atoms with van der Waals surface area (Å²) in [5, 5.41) is 26.2. The van der Waals surface area contributed by atoms with E-state index in [1.165, 1.54) is 57.6 Å². The molecule has 4 bridgehead atoms. The number of phenolic OH excluding ortho intramolecular Hbond substituents is 1. The fourth-order valence-electron chi connectivity index (χ4n) is 13.1. The van der Waals surface area contributed by atoms with Crippen molar-refractivity contribution in [3.05, 3.63) is 118 Å². The number of ether oxygens (including phenoxy) is 5. The van der Waals surface area contributed by atoms with Crippen LogP contribution in [0.25, 0.3) is 31.2 Å². The van der Waals surface area contributed by atoms with Gasteiger partial charge >= 0.3 is 17.8 Å². The van der Waals surface area contributed by atoms with Gasteiger partial charge in [-0.05, 0) is 118 Å². The van der Waals surface area contributed by atoms with E-state index in [1.54, 1.807) is 57.2 Å². The minimum absolute atomic E-state index is 0.0273. The number of fused-ring (bicyclic) bond motifs is 2. The minimum atomic E-state index is -2.00. The summed E-state index contributed by atoms with van der Waals surface area (Å²) >= 11 is 1.21. The molecule has 9 rings (SSSR count). The van der Waals surface area contributed by atoms with Gasteiger partial charge in [-0.3, -0.25) is 48.1 Å². The van der Waals surface area contributed by atoms with E-state index in [0.29, 0.717) is 72.2 Å². The molecular formula is C73H88N8O16S. The molecule has 4 aromatic carbocycles. The maximum atomic E-state index is 15.0. The average molecular weight is 1370 g/mol. The Bertz CT molecular complexity index is 4100. The third-order valence-electron chi connectivity index (χ3n) is 18.4. The lowest BCUT2D eigenvalue weighted by Gasteiger charge is -2.33. The van der Waals surface area contributed by atoms with Gasteiger partial charge in [0.15, 0.2) is 11.2 Å². The zero-order valence-electron chi connectivity index (χ0n) is 57.3. The number of hydrogen-bond donors (Lipinski definition) is 6. The Hall–Kier alpha value is -9.49. The SMILES string of the molecule is CO[C@H]1/C=C/O[C@@]2(C)Oc3c(C)c(=O)c4c(O)c(c5sc6cc(N7CCC(NC(=O)OCc8ccc(NC(=O)CNC(=O)C(NC(=O)CCCCCN9C(=O)C=CC9=O)C(C)C)cc8)CC7)ccc6nc5c4c3C2=O)NC(=O)/C(C)=C\C=C\[C@H](C)C[C@@H](C)C[C@@H](C)[C@H](OC(C)=O)[C@@H]1C. The van der Waals surface area contributed by atoms with Crippen LogP contribution in [0.15, 0.2) is 95.6 Å². The van der Waals surface area contributed by atoms with Crippen molar-refractivity contribution in [2.45, 2.75) is 157 Å². The van der Waals surface area contributed by atoms with Crippen LogP contribution in [0.2, 0.25) is 0 Å². The zero-order valence-corrected chi connectivity index (χ0v) is 58.1. The maximum Gasteiger partial charge on any atom is 0.407 e. The van der Waals surface area contributed by atoms with Gasteiger partial charge in [0.05, 0.1) is 50.3 Å². The molecule has 522 valence electrons. The van der Waals surface area contributed by atoms with Crippen molar-refractivity contribution in [3.63, 3.8) is 0 Å². The quantitative estimate of drug-likeness (QED) is 0.0119. The number of alkyl carbamates (subject to hydrolysis) is 1. The largest absolute Gasteiger partial charge is 0.505 e. The predicted octanol–water partition coefficient (Wildman–Crippen LogP) is 10.1. The number of rotatable bonds is 18. The number of nitrogens with zero attached hydrogens (tertiary/aromatic N) is 3. The topological polar surface area (TPSA) is 317 Å². The minimum Gasteiger partial charge on any atom is -0.505 e. The predicted molar refractivity (Wildman–Crippen MR) is 372 cm³/mol. The van der Waals surface area contributed by atoms with E-state index in [9.17, 15) is 48.3 Å². The number of carbonyl (C=O) groups is 9. The lowest BCUT2D eigenvalue weighted by Crippen LogP contribution is -2.51. The Morgan fingerprint density at radius 2 is 1.61 bits per heavy atom. The van der Waals surface area contributed by atoms with Gasteiger partial charge in [-0.1, -0.05) is 78.3 Å². The van der Waals surface area contributed by atoms with Gasteiger partial charge in [-0.25, -0.2) is 9.78 Å². The third kappa shape index (κ3) is 17.1. The van der Waals surface area contributed by atoms with Gasteiger partial charge in [0.1, 0.15) is 30.2 Å². The number of allylic oxidation sites excluding steroid dienone is 3. The highest BCUT2D eigenvalue weighted by atomic mass is 32.1. The highest BCUT2D eigenvalue weighted by Crippen LogP contribution is 2.50. The van der Waals surface area contributed by atoms with Gasteiger partial charge < -0.3 is 60.3 Å². The fraction of sp³-hybridized carbons (Fsp3) is 0.466. The number of carbonyl (C=O) groups excluding carboxylic acids is 9. The number of Topliss-reactive ketones (excluding diaryl/α,β-unsaturated/α-hetero) is 1. The summed E-state index contributed by atoms with van der Waals surface area (Å²) in [6, 6.07) is 11.3. The van der Waals surface area contributed by atoms with E-state index in [0.717, 1.165) is 23.4 Å². The Morgan fingerprint density at radius 1 is 0.898 bits per heavy atom. The lowest BCUT2D eigenvalue weighted by molar-refractivity contribution is -0.155. The molecular weight excluding hydrogens is 1280 g/mol. The lowest BCUT2D eigenvalue weighted by atomic mass is 9.82. The smallest absolute Gasteiger partial charge is 0.407 e. The number of ketones is 1. The molecule has 1 saturated heterocycles. The molecule has 4 aliphatic rings. The Balaban J connectivity index is 0.846. The summed E-state index contributed by atoms with van der Waals surface area (Å²) in [6.07, 6.45) is 13.6. The average Bonchev–Trinajstić information content (AvgIpc) is 1.38. The summed E-state index contributed by atoms with van der Waals surface area (Å²) in [4.78, 5) is 140.